The van der Waals surface area contributed by atoms with Crippen LogP contribution in [0.5, 0.6) is 0 Å². The van der Waals surface area contributed by atoms with E-state index in [0.717, 1.165) is 53.8 Å². The van der Waals surface area contributed by atoms with Crippen LogP contribution < -0.4 is 5.32 Å². The number of aromatic nitrogens is 2. The van der Waals surface area contributed by atoms with Crippen LogP contribution in [0.25, 0.3) is 5.65 Å². The van der Waals surface area contributed by atoms with E-state index in [1.807, 2.05) is 36.6 Å². The van der Waals surface area contributed by atoms with Crippen LogP contribution in [0.2, 0.25) is 0 Å². The number of carbonyl (C=O) groups is 2. The normalized spacial score (nSPS) is 13.3. The molecule has 3 aromatic heterocycles. The van der Waals surface area contributed by atoms with Crippen molar-refractivity contribution in [3.63, 3.8) is 0 Å². The number of amides is 1. The zero-order valence-corrected chi connectivity index (χ0v) is 17.8. The second-order valence-electron chi connectivity index (χ2n) is 7.39. The Kier molecular flexibility index (Phi) is 5.41. The Morgan fingerprint density at radius 1 is 1.28 bits per heavy atom. The largest absolute Gasteiger partial charge is 0.462 e. The van der Waals surface area contributed by atoms with Gasteiger partial charge in [-0.15, -0.1) is 11.3 Å². The van der Waals surface area contributed by atoms with Gasteiger partial charge < -0.3 is 14.5 Å². The standard InChI is InChI=1S/C22H25N3O3S/c1-4-28-22(27)19-15-9-5-6-10-17(15)29-21(19)24-18(26)12-16-14(3)23-20-13(2)8-7-11-25(16)20/h7-8,11H,4-6,9-10,12H2,1-3H3,(H,24,26). The predicted octanol–water partition coefficient (Wildman–Crippen LogP) is 4.25. The number of rotatable bonds is 5. The van der Waals surface area contributed by atoms with Crippen molar-refractivity contribution >= 4 is 33.9 Å². The van der Waals surface area contributed by atoms with E-state index >= 15 is 0 Å². The second kappa shape index (κ2) is 7.99. The summed E-state index contributed by atoms with van der Waals surface area (Å²) in [7, 11) is 0. The van der Waals surface area contributed by atoms with E-state index in [1.165, 1.54) is 16.2 Å². The van der Waals surface area contributed by atoms with Gasteiger partial charge in [0.2, 0.25) is 5.91 Å². The number of thiophene rings is 1. The molecule has 0 fully saturated rings. The third-order valence-electron chi connectivity index (χ3n) is 5.38. The summed E-state index contributed by atoms with van der Waals surface area (Å²) in [6, 6.07) is 3.96. The number of carbonyl (C=O) groups excluding carboxylic acids is 2. The van der Waals surface area contributed by atoms with Gasteiger partial charge in [-0.05, 0) is 63.6 Å². The molecule has 0 saturated carbocycles. The van der Waals surface area contributed by atoms with Crippen molar-refractivity contribution in [3.8, 4) is 0 Å². The number of fused-ring (bicyclic) bond motifs is 2. The third kappa shape index (κ3) is 3.67. The van der Waals surface area contributed by atoms with Gasteiger partial charge in [0.05, 0.1) is 30.0 Å². The van der Waals surface area contributed by atoms with Crippen LogP contribution in [0, 0.1) is 13.8 Å². The first-order chi connectivity index (χ1) is 14.0. The van der Waals surface area contributed by atoms with Crippen LogP contribution in [-0.2, 0) is 28.8 Å². The van der Waals surface area contributed by atoms with E-state index in [2.05, 4.69) is 10.3 Å². The first kappa shape index (κ1) is 19.6. The highest BCUT2D eigenvalue weighted by Gasteiger charge is 2.27. The van der Waals surface area contributed by atoms with Gasteiger partial charge in [-0.1, -0.05) is 6.07 Å². The molecule has 152 valence electrons. The number of hydrogen-bond acceptors (Lipinski definition) is 5. The molecule has 0 unspecified atom stereocenters. The lowest BCUT2D eigenvalue weighted by Gasteiger charge is -2.12. The minimum absolute atomic E-state index is 0.152. The van der Waals surface area contributed by atoms with Crippen LogP contribution >= 0.6 is 11.3 Å². The van der Waals surface area contributed by atoms with E-state index in [4.69, 9.17) is 4.74 Å². The Hall–Kier alpha value is -2.67. The van der Waals surface area contributed by atoms with Crippen LogP contribution in [0.3, 0.4) is 0 Å². The third-order valence-corrected chi connectivity index (χ3v) is 6.58. The number of nitrogens with one attached hydrogen (secondary N) is 1. The number of nitrogens with zero attached hydrogens (tertiary/aromatic N) is 2. The molecule has 6 nitrogen and oxygen atoms in total. The lowest BCUT2D eigenvalue weighted by atomic mass is 9.95. The number of anilines is 1. The fourth-order valence-corrected chi connectivity index (χ4v) is 5.27. The molecule has 0 aliphatic heterocycles. The summed E-state index contributed by atoms with van der Waals surface area (Å²) in [5.41, 5.74) is 5.23. The molecule has 1 N–H and O–H groups in total. The van der Waals surface area contributed by atoms with Gasteiger partial charge in [-0.25, -0.2) is 9.78 Å². The summed E-state index contributed by atoms with van der Waals surface area (Å²) in [5, 5.41) is 3.60. The molecule has 0 radical (unpaired) electrons. The summed E-state index contributed by atoms with van der Waals surface area (Å²) >= 11 is 1.51. The number of aryl methyl sites for hydroxylation is 3. The van der Waals surface area contributed by atoms with Gasteiger partial charge in [0.1, 0.15) is 10.6 Å². The predicted molar refractivity (Wildman–Crippen MR) is 114 cm³/mol. The number of pyridine rings is 1. The molecule has 7 heteroatoms. The molecule has 4 rings (SSSR count). The lowest BCUT2D eigenvalue weighted by molar-refractivity contribution is -0.115. The summed E-state index contributed by atoms with van der Waals surface area (Å²) in [6.07, 6.45) is 6.11. The monoisotopic (exact) mass is 411 g/mol. The van der Waals surface area contributed by atoms with Crippen molar-refractivity contribution in [2.45, 2.75) is 52.9 Å². The minimum atomic E-state index is -0.344. The number of hydrogen-bond donors (Lipinski definition) is 1. The van der Waals surface area contributed by atoms with Crippen molar-refractivity contribution in [2.75, 3.05) is 11.9 Å². The molecule has 3 aromatic rings. The van der Waals surface area contributed by atoms with E-state index in [1.54, 1.807) is 6.92 Å². The second-order valence-corrected chi connectivity index (χ2v) is 8.49. The highest BCUT2D eigenvalue weighted by molar-refractivity contribution is 7.17. The lowest BCUT2D eigenvalue weighted by Crippen LogP contribution is -2.18. The van der Waals surface area contributed by atoms with E-state index < -0.39 is 0 Å². The maximum atomic E-state index is 12.9. The molecule has 0 atom stereocenters. The maximum absolute atomic E-state index is 12.9. The molecule has 29 heavy (non-hydrogen) atoms. The zero-order chi connectivity index (χ0) is 20.5. The molecule has 0 spiro atoms. The Bertz CT molecular complexity index is 1100. The molecule has 0 saturated heterocycles. The number of ether oxygens (including phenoxy) is 1. The van der Waals surface area contributed by atoms with Gasteiger partial charge in [0.15, 0.2) is 0 Å². The van der Waals surface area contributed by atoms with Crippen LogP contribution in [0.4, 0.5) is 5.00 Å². The molecule has 1 aliphatic rings. The Morgan fingerprint density at radius 2 is 2.07 bits per heavy atom. The minimum Gasteiger partial charge on any atom is -0.462 e. The fraction of sp³-hybridized carbons (Fsp3) is 0.409. The average molecular weight is 412 g/mol. The maximum Gasteiger partial charge on any atom is 0.341 e. The first-order valence-electron chi connectivity index (χ1n) is 10.0. The topological polar surface area (TPSA) is 72.7 Å². The summed E-state index contributed by atoms with van der Waals surface area (Å²) in [5.74, 6) is -0.496. The molecule has 1 amide bonds. The number of esters is 1. The van der Waals surface area contributed by atoms with Gasteiger partial charge in [0.25, 0.3) is 0 Å². The van der Waals surface area contributed by atoms with Crippen molar-refractivity contribution in [1.82, 2.24) is 9.38 Å². The fourth-order valence-electron chi connectivity index (χ4n) is 3.98. The van der Waals surface area contributed by atoms with E-state index in [0.29, 0.717) is 17.2 Å². The first-order valence-corrected chi connectivity index (χ1v) is 10.9. The SMILES string of the molecule is CCOC(=O)c1c(NC(=O)Cc2c(C)nc3c(C)cccn23)sc2c1CCCC2. The Morgan fingerprint density at radius 3 is 2.86 bits per heavy atom. The van der Waals surface area contributed by atoms with Crippen molar-refractivity contribution in [2.24, 2.45) is 0 Å². The van der Waals surface area contributed by atoms with Crippen LogP contribution in [0.15, 0.2) is 18.3 Å². The van der Waals surface area contributed by atoms with Crippen LogP contribution in [-0.4, -0.2) is 27.9 Å². The molecule has 0 bridgehead atoms. The summed E-state index contributed by atoms with van der Waals surface area (Å²) < 4.78 is 7.24. The summed E-state index contributed by atoms with van der Waals surface area (Å²) in [6.45, 7) is 6.04. The smallest absolute Gasteiger partial charge is 0.341 e. The quantitative estimate of drug-likeness (QED) is 0.637. The molecule has 1 aliphatic carbocycles. The molecule has 0 aromatic carbocycles. The van der Waals surface area contributed by atoms with Crippen molar-refractivity contribution in [1.29, 1.82) is 0 Å². The van der Waals surface area contributed by atoms with E-state index in [-0.39, 0.29) is 18.3 Å². The highest BCUT2D eigenvalue weighted by Crippen LogP contribution is 2.38. The zero-order valence-electron chi connectivity index (χ0n) is 17.0. The molecule has 3 heterocycles. The van der Waals surface area contributed by atoms with Crippen molar-refractivity contribution < 1.29 is 14.3 Å². The molecular formula is C22H25N3O3S. The van der Waals surface area contributed by atoms with Gasteiger partial charge in [-0.2, -0.15) is 0 Å². The Labute approximate surface area is 173 Å². The highest BCUT2D eigenvalue weighted by atomic mass is 32.1. The van der Waals surface area contributed by atoms with Gasteiger partial charge in [0, 0.05) is 11.1 Å². The van der Waals surface area contributed by atoms with Gasteiger partial charge >= 0.3 is 5.97 Å². The number of imidazole rings is 1. The summed E-state index contributed by atoms with van der Waals surface area (Å²) in [4.78, 5) is 31.3. The molecular weight excluding hydrogens is 386 g/mol. The van der Waals surface area contributed by atoms with Gasteiger partial charge in [-0.3, -0.25) is 4.79 Å². The average Bonchev–Trinajstić information content (AvgIpc) is 3.20. The van der Waals surface area contributed by atoms with Crippen molar-refractivity contribution in [3.05, 3.63) is 51.3 Å². The van der Waals surface area contributed by atoms with E-state index in [9.17, 15) is 9.59 Å². The Balaban J connectivity index is 1.62. The van der Waals surface area contributed by atoms with Crippen LogP contribution in [0.1, 0.15) is 57.5 Å².